The average Bonchev–Trinajstić information content (AvgIpc) is 3.32. The number of carbonyl (C=O) groups is 5. The first-order valence-electron chi connectivity index (χ1n) is 16.1. The van der Waals surface area contributed by atoms with Crippen LogP contribution in [0.25, 0.3) is 0 Å². The first kappa shape index (κ1) is 39.1. The highest BCUT2D eigenvalue weighted by Crippen LogP contribution is 2.40. The van der Waals surface area contributed by atoms with Crippen molar-refractivity contribution in [1.29, 1.82) is 0 Å². The van der Waals surface area contributed by atoms with E-state index in [1.54, 1.807) is 54.6 Å². The van der Waals surface area contributed by atoms with Gasteiger partial charge in [-0.15, -0.1) is 11.8 Å². The lowest BCUT2D eigenvalue weighted by atomic mass is 9.96. The Morgan fingerprint density at radius 3 is 2.29 bits per heavy atom. The molecule has 2 aromatic rings. The van der Waals surface area contributed by atoms with Crippen LogP contribution in [0.2, 0.25) is 0 Å². The minimum absolute atomic E-state index is 0.0256. The number of nitrogens with two attached hydrogens (primary N) is 1. The molecule has 1 aliphatic rings. The number of hydrogen-bond acceptors (Lipinski definition) is 9. The number of amides is 5. The van der Waals surface area contributed by atoms with Crippen molar-refractivity contribution < 1.29 is 38.6 Å². The van der Waals surface area contributed by atoms with Crippen molar-refractivity contribution in [2.24, 2.45) is 5.73 Å². The number of nitrogens with one attached hydrogen (secondary N) is 3. The van der Waals surface area contributed by atoms with Crippen molar-refractivity contribution in [3.05, 3.63) is 60.2 Å². The SMILES string of the molecule is CC(C)Oc1cccc(OCC(=O)N[C@@H](CC(N)=O)C(=O)N[C@@H](Cc2ccccc2)[C@H](O)C(=O)N2CSC(C)(C)[C@H]2C(=O)NC(C)(C)C)c1. The highest BCUT2D eigenvalue weighted by atomic mass is 32.2. The molecule has 49 heavy (non-hydrogen) atoms. The van der Waals surface area contributed by atoms with Crippen molar-refractivity contribution in [3.8, 4) is 11.5 Å². The fourth-order valence-electron chi connectivity index (χ4n) is 5.29. The molecule has 5 amide bonds. The summed E-state index contributed by atoms with van der Waals surface area (Å²) in [6.07, 6.45) is -2.37. The fourth-order valence-corrected chi connectivity index (χ4v) is 6.43. The Balaban J connectivity index is 1.80. The lowest BCUT2D eigenvalue weighted by Crippen LogP contribution is -2.61. The summed E-state index contributed by atoms with van der Waals surface area (Å²) in [5.74, 6) is -2.48. The van der Waals surface area contributed by atoms with Gasteiger partial charge in [0.05, 0.1) is 24.4 Å². The van der Waals surface area contributed by atoms with E-state index in [0.29, 0.717) is 17.1 Å². The molecule has 0 aromatic heterocycles. The quantitative estimate of drug-likeness (QED) is 0.185. The topological polar surface area (TPSA) is 189 Å². The number of benzene rings is 2. The third kappa shape index (κ3) is 12.0. The number of aliphatic hydroxyl groups excluding tert-OH is 1. The molecule has 6 N–H and O–H groups in total. The summed E-state index contributed by atoms with van der Waals surface area (Å²) >= 11 is 1.40. The number of carbonyl (C=O) groups excluding carboxylic acids is 5. The van der Waals surface area contributed by atoms with Crippen LogP contribution in [0.1, 0.15) is 60.5 Å². The Morgan fingerprint density at radius 2 is 1.67 bits per heavy atom. The van der Waals surface area contributed by atoms with Gasteiger partial charge in [0.2, 0.25) is 17.7 Å². The smallest absolute Gasteiger partial charge is 0.258 e. The predicted octanol–water partition coefficient (Wildman–Crippen LogP) is 1.90. The van der Waals surface area contributed by atoms with Gasteiger partial charge in [-0.1, -0.05) is 36.4 Å². The van der Waals surface area contributed by atoms with Gasteiger partial charge in [-0.25, -0.2) is 0 Å². The zero-order valence-corrected chi connectivity index (χ0v) is 30.0. The van der Waals surface area contributed by atoms with Crippen molar-refractivity contribution >= 4 is 41.3 Å². The summed E-state index contributed by atoms with van der Waals surface area (Å²) in [6, 6.07) is 12.1. The van der Waals surface area contributed by atoms with E-state index in [2.05, 4.69) is 16.0 Å². The Hall–Kier alpha value is -4.30. The molecule has 14 heteroatoms. The standard InChI is InChI=1S/C35H49N5O8S/c1-21(2)48-24-15-11-14-23(17-24)47-19-28(42)37-26(18-27(36)41)31(44)38-25(16-22-12-9-8-10-13-22)29(43)33(46)40-20-49-35(6,7)30(40)32(45)39-34(3,4)5/h8-15,17,21,25-26,29-30,43H,16,18-20H2,1-7H3,(H2,36,41)(H,37,42)(H,38,44)(H,39,45)/t25-,26-,29-,30+/m0/s1. The monoisotopic (exact) mass is 699 g/mol. The molecule has 2 aromatic carbocycles. The van der Waals surface area contributed by atoms with Crippen molar-refractivity contribution in [3.63, 3.8) is 0 Å². The van der Waals surface area contributed by atoms with Crippen LogP contribution >= 0.6 is 11.8 Å². The molecule has 0 spiro atoms. The average molecular weight is 700 g/mol. The van der Waals surface area contributed by atoms with E-state index in [0.717, 1.165) is 0 Å². The van der Waals surface area contributed by atoms with Gasteiger partial charge in [0, 0.05) is 16.4 Å². The molecule has 1 saturated heterocycles. The van der Waals surface area contributed by atoms with Crippen molar-refractivity contribution in [2.45, 2.75) is 102 Å². The van der Waals surface area contributed by atoms with E-state index in [1.165, 1.54) is 16.7 Å². The molecular weight excluding hydrogens is 650 g/mol. The molecule has 0 aliphatic carbocycles. The van der Waals surface area contributed by atoms with E-state index >= 15 is 0 Å². The second-order valence-corrected chi connectivity index (χ2v) is 15.4. The van der Waals surface area contributed by atoms with Gasteiger partial charge in [-0.3, -0.25) is 24.0 Å². The minimum atomic E-state index is -1.78. The van der Waals surface area contributed by atoms with Crippen LogP contribution in [0.5, 0.6) is 11.5 Å². The molecule has 268 valence electrons. The Morgan fingerprint density at radius 1 is 1.02 bits per heavy atom. The number of nitrogens with zero attached hydrogens (tertiary/aromatic N) is 1. The molecule has 0 bridgehead atoms. The van der Waals surface area contributed by atoms with Crippen molar-refractivity contribution in [1.82, 2.24) is 20.9 Å². The summed E-state index contributed by atoms with van der Waals surface area (Å²) in [7, 11) is 0. The van der Waals surface area contributed by atoms with E-state index in [4.69, 9.17) is 15.2 Å². The Kier molecular flexibility index (Phi) is 13.5. The number of primary amides is 1. The zero-order valence-electron chi connectivity index (χ0n) is 29.1. The largest absolute Gasteiger partial charge is 0.491 e. The summed E-state index contributed by atoms with van der Waals surface area (Å²) < 4.78 is 10.6. The van der Waals surface area contributed by atoms with Gasteiger partial charge in [0.25, 0.3) is 11.8 Å². The number of hydrogen-bond donors (Lipinski definition) is 5. The lowest BCUT2D eigenvalue weighted by molar-refractivity contribution is -0.148. The second-order valence-electron chi connectivity index (χ2n) is 13.8. The van der Waals surface area contributed by atoms with Gasteiger partial charge in [0.15, 0.2) is 12.7 Å². The maximum absolute atomic E-state index is 13.9. The van der Waals surface area contributed by atoms with Crippen LogP contribution in [0.3, 0.4) is 0 Å². The maximum Gasteiger partial charge on any atom is 0.258 e. The Labute approximate surface area is 292 Å². The summed E-state index contributed by atoms with van der Waals surface area (Å²) in [5.41, 5.74) is 5.56. The maximum atomic E-state index is 13.9. The van der Waals surface area contributed by atoms with Crippen LogP contribution in [0, 0.1) is 0 Å². The molecule has 1 heterocycles. The van der Waals surface area contributed by atoms with E-state index in [-0.39, 0.29) is 24.3 Å². The van der Waals surface area contributed by atoms with Crippen LogP contribution in [-0.2, 0) is 30.4 Å². The normalized spacial score (nSPS) is 17.4. The zero-order chi connectivity index (χ0) is 36.5. The summed E-state index contributed by atoms with van der Waals surface area (Å²) in [4.78, 5) is 67.1. The fraction of sp³-hybridized carbons (Fsp3) is 0.514. The molecule has 4 atom stereocenters. The van der Waals surface area contributed by atoms with Gasteiger partial charge < -0.3 is 41.2 Å². The Bertz CT molecular complexity index is 1480. The summed E-state index contributed by atoms with van der Waals surface area (Å²) in [5, 5.41) is 19.6. The van der Waals surface area contributed by atoms with Crippen LogP contribution < -0.4 is 31.2 Å². The van der Waals surface area contributed by atoms with Gasteiger partial charge in [-0.05, 0) is 72.6 Å². The number of rotatable bonds is 15. The molecule has 3 rings (SSSR count). The lowest BCUT2D eigenvalue weighted by Gasteiger charge is -2.35. The highest BCUT2D eigenvalue weighted by molar-refractivity contribution is 8.00. The van der Waals surface area contributed by atoms with Crippen molar-refractivity contribution in [2.75, 3.05) is 12.5 Å². The van der Waals surface area contributed by atoms with Crippen LogP contribution in [-0.4, -0.2) is 92.6 Å². The molecule has 1 aliphatic heterocycles. The number of ether oxygens (including phenoxy) is 2. The highest BCUT2D eigenvalue weighted by Gasteiger charge is 2.50. The second kappa shape index (κ2) is 16.9. The van der Waals surface area contributed by atoms with Gasteiger partial charge >= 0.3 is 0 Å². The van der Waals surface area contributed by atoms with Gasteiger partial charge in [-0.2, -0.15) is 0 Å². The molecule has 0 radical (unpaired) electrons. The third-order valence-electron chi connectivity index (χ3n) is 7.44. The molecule has 1 fully saturated rings. The van der Waals surface area contributed by atoms with Crippen LogP contribution in [0.15, 0.2) is 54.6 Å². The third-order valence-corrected chi connectivity index (χ3v) is 8.81. The van der Waals surface area contributed by atoms with Gasteiger partial charge in [0.1, 0.15) is 23.6 Å². The molecule has 0 unspecified atom stereocenters. The van der Waals surface area contributed by atoms with Crippen LogP contribution in [0.4, 0.5) is 0 Å². The first-order chi connectivity index (χ1) is 22.9. The number of thioether (sulfide) groups is 1. The van der Waals surface area contributed by atoms with E-state index < -0.39 is 71.2 Å². The predicted molar refractivity (Wildman–Crippen MR) is 187 cm³/mol. The molecular formula is C35H49N5O8S. The number of aliphatic hydroxyl groups is 1. The first-order valence-corrected chi connectivity index (χ1v) is 17.1. The van der Waals surface area contributed by atoms with E-state index in [9.17, 15) is 29.1 Å². The molecule has 13 nitrogen and oxygen atoms in total. The molecule has 0 saturated carbocycles. The van der Waals surface area contributed by atoms with E-state index in [1.807, 2.05) is 48.5 Å². The minimum Gasteiger partial charge on any atom is -0.491 e. The summed E-state index contributed by atoms with van der Waals surface area (Å²) in [6.45, 7) is 12.5.